The van der Waals surface area contributed by atoms with Gasteiger partial charge in [0.2, 0.25) is 0 Å². The van der Waals surface area contributed by atoms with Crippen molar-refractivity contribution < 1.29 is 18.3 Å². The van der Waals surface area contributed by atoms with E-state index in [2.05, 4.69) is 15.9 Å². The van der Waals surface area contributed by atoms with E-state index in [1.165, 1.54) is 6.07 Å². The number of hydrogen-bond acceptors (Lipinski definition) is 1. The second kappa shape index (κ2) is 4.53. The first-order valence-electron chi connectivity index (χ1n) is 4.33. The molecule has 0 heterocycles. The quantitative estimate of drug-likeness (QED) is 0.879. The third-order valence-electron chi connectivity index (χ3n) is 2.13. The zero-order chi connectivity index (χ0) is 11.6. The third kappa shape index (κ3) is 2.95. The van der Waals surface area contributed by atoms with E-state index in [1.807, 2.05) is 0 Å². The van der Waals surface area contributed by atoms with Crippen molar-refractivity contribution in [2.75, 3.05) is 6.61 Å². The molecule has 0 radical (unpaired) electrons. The van der Waals surface area contributed by atoms with Gasteiger partial charge in [0.25, 0.3) is 0 Å². The molecule has 1 rings (SSSR count). The summed E-state index contributed by atoms with van der Waals surface area (Å²) < 4.78 is 37.3. The van der Waals surface area contributed by atoms with Crippen LogP contribution in [0.2, 0.25) is 0 Å². The summed E-state index contributed by atoms with van der Waals surface area (Å²) >= 11 is 3.07. The number of benzene rings is 1. The molecule has 84 valence electrons. The van der Waals surface area contributed by atoms with Gasteiger partial charge in [0.1, 0.15) is 0 Å². The average Bonchev–Trinajstić information content (AvgIpc) is 2.15. The molecule has 1 atom stereocenters. The Morgan fingerprint density at radius 2 is 2.00 bits per heavy atom. The number of aliphatic hydroxyl groups excluding tert-OH is 1. The van der Waals surface area contributed by atoms with Gasteiger partial charge in [0.15, 0.2) is 0 Å². The van der Waals surface area contributed by atoms with Crippen LogP contribution < -0.4 is 0 Å². The van der Waals surface area contributed by atoms with E-state index in [1.54, 1.807) is 6.92 Å². The van der Waals surface area contributed by atoms with Crippen molar-refractivity contribution >= 4 is 15.9 Å². The summed E-state index contributed by atoms with van der Waals surface area (Å²) in [5.41, 5.74) is -0.0197. The van der Waals surface area contributed by atoms with Gasteiger partial charge in [-0.05, 0) is 17.7 Å². The predicted octanol–water partition coefficient (Wildman–Crippen LogP) is 3.56. The predicted molar refractivity (Wildman–Crippen MR) is 54.6 cm³/mol. The fourth-order valence-electron chi connectivity index (χ4n) is 1.20. The van der Waals surface area contributed by atoms with Crippen molar-refractivity contribution in [1.82, 2.24) is 0 Å². The summed E-state index contributed by atoms with van der Waals surface area (Å²) in [6, 6.07) is 3.43. The first-order valence-corrected chi connectivity index (χ1v) is 5.13. The Morgan fingerprint density at radius 3 is 2.40 bits per heavy atom. The molecule has 5 heteroatoms. The maximum Gasteiger partial charge on any atom is 0.416 e. The lowest BCUT2D eigenvalue weighted by atomic mass is 10.0. The molecule has 0 saturated heterocycles. The van der Waals surface area contributed by atoms with Crippen LogP contribution in [0.25, 0.3) is 0 Å². The largest absolute Gasteiger partial charge is 0.416 e. The van der Waals surface area contributed by atoms with Crippen molar-refractivity contribution in [3.05, 3.63) is 33.8 Å². The Morgan fingerprint density at radius 1 is 1.40 bits per heavy atom. The maximum atomic E-state index is 12.3. The van der Waals surface area contributed by atoms with E-state index in [-0.39, 0.29) is 12.5 Å². The molecule has 0 fully saturated rings. The van der Waals surface area contributed by atoms with Gasteiger partial charge < -0.3 is 5.11 Å². The molecule has 0 saturated carbocycles. The standard InChI is InChI=1S/C10H10BrF3O/c1-6(5-15)8-3-2-7(4-9(8)11)10(12,13)14/h2-4,6,15H,5H2,1H3. The number of halogens is 4. The topological polar surface area (TPSA) is 20.2 Å². The molecule has 0 spiro atoms. The fraction of sp³-hybridized carbons (Fsp3) is 0.400. The third-order valence-corrected chi connectivity index (χ3v) is 2.82. The van der Waals surface area contributed by atoms with Crippen molar-refractivity contribution in [3.8, 4) is 0 Å². The lowest BCUT2D eigenvalue weighted by Crippen LogP contribution is -2.06. The van der Waals surface area contributed by atoms with E-state index < -0.39 is 11.7 Å². The molecule has 0 aliphatic rings. The molecule has 1 aromatic carbocycles. The minimum atomic E-state index is -4.33. The molecule has 0 aliphatic carbocycles. The van der Waals surface area contributed by atoms with Gasteiger partial charge in [-0.2, -0.15) is 13.2 Å². The SMILES string of the molecule is CC(CO)c1ccc(C(F)(F)F)cc1Br. The highest BCUT2D eigenvalue weighted by molar-refractivity contribution is 9.10. The average molecular weight is 283 g/mol. The highest BCUT2D eigenvalue weighted by Crippen LogP contribution is 2.34. The maximum absolute atomic E-state index is 12.3. The minimum Gasteiger partial charge on any atom is -0.396 e. The molecule has 0 bridgehead atoms. The van der Waals surface area contributed by atoms with Gasteiger partial charge in [0, 0.05) is 17.0 Å². The number of hydrogen-bond donors (Lipinski definition) is 1. The van der Waals surface area contributed by atoms with E-state index >= 15 is 0 Å². The van der Waals surface area contributed by atoms with E-state index in [4.69, 9.17) is 5.11 Å². The number of alkyl halides is 3. The van der Waals surface area contributed by atoms with Crippen LogP contribution in [0.4, 0.5) is 13.2 Å². The Labute approximate surface area is 94.0 Å². The van der Waals surface area contributed by atoms with Gasteiger partial charge in [-0.15, -0.1) is 0 Å². The molecular weight excluding hydrogens is 273 g/mol. The normalized spacial score (nSPS) is 14.0. The molecule has 1 nitrogen and oxygen atoms in total. The molecule has 0 aliphatic heterocycles. The van der Waals surface area contributed by atoms with Crippen LogP contribution in [0.3, 0.4) is 0 Å². The van der Waals surface area contributed by atoms with Gasteiger partial charge in [-0.1, -0.05) is 28.9 Å². The van der Waals surface area contributed by atoms with Crippen LogP contribution in [0.15, 0.2) is 22.7 Å². The Kier molecular flexibility index (Phi) is 3.78. The van der Waals surface area contributed by atoms with Crippen molar-refractivity contribution in [1.29, 1.82) is 0 Å². The van der Waals surface area contributed by atoms with Crippen LogP contribution in [-0.4, -0.2) is 11.7 Å². The van der Waals surface area contributed by atoms with Crippen molar-refractivity contribution in [2.45, 2.75) is 19.0 Å². The number of aliphatic hydroxyl groups is 1. The van der Waals surface area contributed by atoms with Crippen molar-refractivity contribution in [2.24, 2.45) is 0 Å². The molecule has 0 aromatic heterocycles. The fourth-order valence-corrected chi connectivity index (χ4v) is 1.97. The monoisotopic (exact) mass is 282 g/mol. The van der Waals surface area contributed by atoms with Crippen LogP contribution in [-0.2, 0) is 6.18 Å². The van der Waals surface area contributed by atoms with Crippen molar-refractivity contribution in [3.63, 3.8) is 0 Å². The molecular formula is C10H10BrF3O. The minimum absolute atomic E-state index is 0.0933. The molecule has 1 unspecified atom stereocenters. The van der Waals surface area contributed by atoms with Crippen LogP contribution >= 0.6 is 15.9 Å². The molecule has 15 heavy (non-hydrogen) atoms. The highest BCUT2D eigenvalue weighted by atomic mass is 79.9. The smallest absolute Gasteiger partial charge is 0.396 e. The summed E-state index contributed by atoms with van der Waals surface area (Å²) in [5.74, 6) is -0.179. The van der Waals surface area contributed by atoms with Gasteiger partial charge in [0.05, 0.1) is 5.56 Å². The molecule has 1 aromatic rings. The van der Waals surface area contributed by atoms with E-state index in [0.717, 1.165) is 12.1 Å². The second-order valence-electron chi connectivity index (χ2n) is 3.32. The molecule has 0 amide bonds. The van der Waals surface area contributed by atoms with E-state index in [9.17, 15) is 13.2 Å². The zero-order valence-corrected chi connectivity index (χ0v) is 9.56. The lowest BCUT2D eigenvalue weighted by molar-refractivity contribution is -0.137. The number of rotatable bonds is 2. The Balaban J connectivity index is 3.09. The Bertz CT molecular complexity index is 349. The first-order chi connectivity index (χ1) is 6.86. The summed E-state index contributed by atoms with van der Waals surface area (Å²) in [6.07, 6.45) is -4.33. The van der Waals surface area contributed by atoms with Crippen LogP contribution in [0, 0.1) is 0 Å². The van der Waals surface area contributed by atoms with Crippen LogP contribution in [0.5, 0.6) is 0 Å². The summed E-state index contributed by atoms with van der Waals surface area (Å²) in [6.45, 7) is 1.65. The summed E-state index contributed by atoms with van der Waals surface area (Å²) in [4.78, 5) is 0. The highest BCUT2D eigenvalue weighted by Gasteiger charge is 2.31. The van der Waals surface area contributed by atoms with Gasteiger partial charge >= 0.3 is 6.18 Å². The lowest BCUT2D eigenvalue weighted by Gasteiger charge is -2.13. The van der Waals surface area contributed by atoms with Gasteiger partial charge in [-0.25, -0.2) is 0 Å². The second-order valence-corrected chi connectivity index (χ2v) is 4.17. The zero-order valence-electron chi connectivity index (χ0n) is 7.98. The summed E-state index contributed by atoms with van der Waals surface area (Å²) in [7, 11) is 0. The van der Waals surface area contributed by atoms with E-state index in [0.29, 0.717) is 10.0 Å². The molecule has 1 N–H and O–H groups in total. The summed E-state index contributed by atoms with van der Waals surface area (Å²) in [5, 5.41) is 8.90. The van der Waals surface area contributed by atoms with Gasteiger partial charge in [-0.3, -0.25) is 0 Å². The van der Waals surface area contributed by atoms with Crippen LogP contribution in [0.1, 0.15) is 24.0 Å². The first kappa shape index (κ1) is 12.5. The Hall–Kier alpha value is -0.550.